The van der Waals surface area contributed by atoms with Crippen LogP contribution in [0, 0.1) is 5.92 Å². The molecule has 0 aromatic carbocycles. The van der Waals surface area contributed by atoms with Crippen molar-refractivity contribution in [2.75, 3.05) is 6.54 Å². The molecule has 86 valence electrons. The second-order valence-corrected chi connectivity index (χ2v) is 3.98. The van der Waals surface area contributed by atoms with Gasteiger partial charge in [0.25, 0.3) is 0 Å². The summed E-state index contributed by atoms with van der Waals surface area (Å²) in [5.74, 6) is 1.84. The van der Waals surface area contributed by atoms with E-state index in [0.717, 1.165) is 24.7 Å². The molecule has 0 fully saturated rings. The van der Waals surface area contributed by atoms with Crippen LogP contribution in [0.5, 0.6) is 0 Å². The zero-order chi connectivity index (χ0) is 11.1. The van der Waals surface area contributed by atoms with Crippen LogP contribution in [0.2, 0.25) is 0 Å². The van der Waals surface area contributed by atoms with Gasteiger partial charge < -0.3 is 10.3 Å². The third-order valence-corrected chi connectivity index (χ3v) is 3.05. The van der Waals surface area contributed by atoms with Crippen LogP contribution in [0.15, 0.2) is 12.4 Å². The Bertz CT molecular complexity index is 239. The van der Waals surface area contributed by atoms with Crippen molar-refractivity contribution in [3.05, 3.63) is 18.2 Å². The average molecular weight is 209 g/mol. The van der Waals surface area contributed by atoms with E-state index < -0.39 is 0 Å². The minimum absolute atomic E-state index is 0.552. The summed E-state index contributed by atoms with van der Waals surface area (Å²) in [4.78, 5) is 7.47. The van der Waals surface area contributed by atoms with Gasteiger partial charge in [-0.05, 0) is 12.5 Å². The van der Waals surface area contributed by atoms with Crippen molar-refractivity contribution in [3.63, 3.8) is 0 Å². The summed E-state index contributed by atoms with van der Waals surface area (Å²) in [6, 6.07) is 0.552. The molecule has 1 aromatic heterocycles. The zero-order valence-corrected chi connectivity index (χ0v) is 10.1. The molecule has 2 N–H and O–H groups in total. The van der Waals surface area contributed by atoms with Crippen molar-refractivity contribution in [3.8, 4) is 0 Å². The highest BCUT2D eigenvalue weighted by atomic mass is 14.9. The summed E-state index contributed by atoms with van der Waals surface area (Å²) in [5, 5.41) is 3.56. The topological polar surface area (TPSA) is 40.7 Å². The van der Waals surface area contributed by atoms with Gasteiger partial charge in [0.15, 0.2) is 0 Å². The second kappa shape index (κ2) is 6.62. The number of hydrogen-bond acceptors (Lipinski definition) is 2. The van der Waals surface area contributed by atoms with E-state index >= 15 is 0 Å². The van der Waals surface area contributed by atoms with Crippen LogP contribution in [-0.4, -0.2) is 22.6 Å². The van der Waals surface area contributed by atoms with Gasteiger partial charge in [0.1, 0.15) is 5.82 Å². The van der Waals surface area contributed by atoms with Gasteiger partial charge >= 0.3 is 0 Å². The lowest BCUT2D eigenvalue weighted by Crippen LogP contribution is -2.37. The van der Waals surface area contributed by atoms with Crippen molar-refractivity contribution in [1.29, 1.82) is 0 Å². The van der Waals surface area contributed by atoms with Crippen molar-refractivity contribution in [2.24, 2.45) is 5.92 Å². The standard InChI is InChI=1S/C12H23N3/c1-4-10(5-2)11(13-6-3)9-12-14-7-8-15-12/h7-8,10-11,13H,4-6,9H2,1-3H3,(H,14,15). The Kier molecular flexibility index (Phi) is 5.40. The van der Waals surface area contributed by atoms with E-state index in [2.05, 4.69) is 36.1 Å². The molecular weight excluding hydrogens is 186 g/mol. The fraction of sp³-hybridized carbons (Fsp3) is 0.750. The molecule has 3 nitrogen and oxygen atoms in total. The highest BCUT2D eigenvalue weighted by Gasteiger charge is 2.18. The molecule has 1 heterocycles. The summed E-state index contributed by atoms with van der Waals surface area (Å²) in [7, 11) is 0. The molecule has 0 aliphatic rings. The molecule has 0 radical (unpaired) electrons. The van der Waals surface area contributed by atoms with Gasteiger partial charge in [0, 0.05) is 24.9 Å². The quantitative estimate of drug-likeness (QED) is 0.724. The first-order valence-electron chi connectivity index (χ1n) is 6.03. The summed E-state index contributed by atoms with van der Waals surface area (Å²) < 4.78 is 0. The lowest BCUT2D eigenvalue weighted by Gasteiger charge is -2.25. The van der Waals surface area contributed by atoms with E-state index in [0.29, 0.717) is 6.04 Å². The van der Waals surface area contributed by atoms with E-state index in [1.54, 1.807) is 0 Å². The maximum atomic E-state index is 4.29. The number of aromatic nitrogens is 2. The number of aromatic amines is 1. The molecule has 15 heavy (non-hydrogen) atoms. The summed E-state index contributed by atoms with van der Waals surface area (Å²) in [6.07, 6.45) is 7.19. The lowest BCUT2D eigenvalue weighted by atomic mass is 9.91. The summed E-state index contributed by atoms with van der Waals surface area (Å²) >= 11 is 0. The number of rotatable bonds is 7. The van der Waals surface area contributed by atoms with E-state index in [4.69, 9.17) is 0 Å². The molecule has 0 saturated heterocycles. The van der Waals surface area contributed by atoms with Crippen LogP contribution < -0.4 is 5.32 Å². The Hall–Kier alpha value is -0.830. The fourth-order valence-corrected chi connectivity index (χ4v) is 2.14. The molecule has 0 amide bonds. The molecule has 1 unspecified atom stereocenters. The first-order valence-corrected chi connectivity index (χ1v) is 6.03. The maximum Gasteiger partial charge on any atom is 0.107 e. The highest BCUT2D eigenvalue weighted by molar-refractivity contribution is 4.92. The number of nitrogens with zero attached hydrogens (tertiary/aromatic N) is 1. The normalized spacial score (nSPS) is 13.3. The zero-order valence-electron chi connectivity index (χ0n) is 10.1. The minimum Gasteiger partial charge on any atom is -0.349 e. The lowest BCUT2D eigenvalue weighted by molar-refractivity contribution is 0.333. The molecule has 1 aromatic rings. The first-order chi connectivity index (χ1) is 7.31. The van der Waals surface area contributed by atoms with Crippen LogP contribution in [0.1, 0.15) is 39.4 Å². The second-order valence-electron chi connectivity index (χ2n) is 3.98. The van der Waals surface area contributed by atoms with Crippen LogP contribution in [-0.2, 0) is 6.42 Å². The maximum absolute atomic E-state index is 4.29. The Morgan fingerprint density at radius 3 is 2.53 bits per heavy atom. The van der Waals surface area contributed by atoms with Crippen molar-refractivity contribution in [1.82, 2.24) is 15.3 Å². The van der Waals surface area contributed by atoms with Crippen LogP contribution in [0.4, 0.5) is 0 Å². The summed E-state index contributed by atoms with van der Waals surface area (Å²) in [6.45, 7) is 7.72. The number of imidazole rings is 1. The van der Waals surface area contributed by atoms with Crippen LogP contribution in [0.25, 0.3) is 0 Å². The monoisotopic (exact) mass is 209 g/mol. The SMILES string of the molecule is CCNC(Cc1ncc[nH]1)C(CC)CC. The van der Waals surface area contributed by atoms with Gasteiger partial charge in [-0.25, -0.2) is 4.98 Å². The first kappa shape index (κ1) is 12.2. The molecule has 1 rings (SSSR count). The van der Waals surface area contributed by atoms with Crippen molar-refractivity contribution >= 4 is 0 Å². The predicted octanol–water partition coefficient (Wildman–Crippen LogP) is 2.37. The van der Waals surface area contributed by atoms with Gasteiger partial charge in [-0.2, -0.15) is 0 Å². The van der Waals surface area contributed by atoms with Crippen molar-refractivity contribution < 1.29 is 0 Å². The molecule has 3 heteroatoms. The van der Waals surface area contributed by atoms with E-state index in [-0.39, 0.29) is 0 Å². The number of nitrogens with one attached hydrogen (secondary N) is 2. The Balaban J connectivity index is 2.56. The molecule has 1 atom stereocenters. The molecule has 0 aliphatic carbocycles. The third kappa shape index (κ3) is 3.67. The molecule has 0 bridgehead atoms. The molecular formula is C12H23N3. The van der Waals surface area contributed by atoms with Crippen LogP contribution >= 0.6 is 0 Å². The van der Waals surface area contributed by atoms with Crippen LogP contribution in [0.3, 0.4) is 0 Å². The number of likely N-dealkylation sites (N-methyl/N-ethyl adjacent to an activating group) is 1. The highest BCUT2D eigenvalue weighted by Crippen LogP contribution is 2.15. The fourth-order valence-electron chi connectivity index (χ4n) is 2.14. The van der Waals surface area contributed by atoms with Gasteiger partial charge in [-0.15, -0.1) is 0 Å². The average Bonchev–Trinajstić information content (AvgIpc) is 2.72. The van der Waals surface area contributed by atoms with Gasteiger partial charge in [-0.1, -0.05) is 33.6 Å². The number of H-pyrrole nitrogens is 1. The Morgan fingerprint density at radius 1 is 1.33 bits per heavy atom. The molecule has 0 aliphatic heterocycles. The largest absolute Gasteiger partial charge is 0.349 e. The van der Waals surface area contributed by atoms with E-state index in [9.17, 15) is 0 Å². The van der Waals surface area contributed by atoms with E-state index in [1.807, 2.05) is 12.4 Å². The molecule has 0 spiro atoms. The molecule has 0 saturated carbocycles. The number of hydrogen-bond donors (Lipinski definition) is 2. The minimum atomic E-state index is 0.552. The smallest absolute Gasteiger partial charge is 0.107 e. The van der Waals surface area contributed by atoms with E-state index in [1.165, 1.54) is 12.8 Å². The Labute approximate surface area is 92.7 Å². The Morgan fingerprint density at radius 2 is 2.07 bits per heavy atom. The van der Waals surface area contributed by atoms with Gasteiger partial charge in [0.05, 0.1) is 0 Å². The summed E-state index contributed by atoms with van der Waals surface area (Å²) in [5.41, 5.74) is 0. The van der Waals surface area contributed by atoms with Gasteiger partial charge in [0.2, 0.25) is 0 Å². The predicted molar refractivity (Wildman–Crippen MR) is 63.8 cm³/mol. The third-order valence-electron chi connectivity index (χ3n) is 3.05. The van der Waals surface area contributed by atoms with Gasteiger partial charge in [-0.3, -0.25) is 0 Å². The van der Waals surface area contributed by atoms with Crippen molar-refractivity contribution in [2.45, 2.75) is 46.1 Å².